The van der Waals surface area contributed by atoms with Crippen molar-refractivity contribution in [1.29, 1.82) is 0 Å². The van der Waals surface area contributed by atoms with Crippen LogP contribution in [0.2, 0.25) is 10.0 Å². The zero-order valence-electron chi connectivity index (χ0n) is 10.0. The second-order valence-corrected chi connectivity index (χ2v) is 6.38. The zero-order valence-corrected chi connectivity index (χ0v) is 12.4. The second-order valence-electron chi connectivity index (χ2n) is 3.86. The van der Waals surface area contributed by atoms with Crippen LogP contribution in [0.5, 0.6) is 0 Å². The lowest BCUT2D eigenvalue weighted by Crippen LogP contribution is -2.26. The summed E-state index contributed by atoms with van der Waals surface area (Å²) in [6.07, 6.45) is 3.57. The minimum Gasteiger partial charge on any atom is -0.349 e. The molecule has 0 aliphatic carbocycles. The van der Waals surface area contributed by atoms with E-state index >= 15 is 0 Å². The number of hydrogen-bond donors (Lipinski definition) is 2. The third kappa shape index (κ3) is 3.29. The largest absolute Gasteiger partial charge is 0.349 e. The average molecular weight is 338 g/mol. The van der Waals surface area contributed by atoms with Gasteiger partial charge in [-0.3, -0.25) is 0 Å². The van der Waals surface area contributed by atoms with Gasteiger partial charge in [0.25, 0.3) is 0 Å². The van der Waals surface area contributed by atoms with Gasteiger partial charge in [0.15, 0.2) is 5.82 Å². The predicted molar refractivity (Wildman–Crippen MR) is 73.9 cm³/mol. The summed E-state index contributed by atoms with van der Waals surface area (Å²) in [5.41, 5.74) is 0. The number of aromatic amines is 1. The highest BCUT2D eigenvalue weighted by atomic mass is 35.5. The molecular formula is C11H10Cl2FN3O2S. The Morgan fingerprint density at radius 3 is 2.75 bits per heavy atom. The van der Waals surface area contributed by atoms with Gasteiger partial charge in [-0.05, 0) is 12.1 Å². The first-order valence-corrected chi connectivity index (χ1v) is 7.77. The number of halogens is 3. The first kappa shape index (κ1) is 15.2. The molecule has 0 radical (unpaired) electrons. The van der Waals surface area contributed by atoms with Crippen LogP contribution in [0.15, 0.2) is 29.4 Å². The van der Waals surface area contributed by atoms with Crippen LogP contribution in [-0.2, 0) is 16.4 Å². The maximum absolute atomic E-state index is 13.5. The fourth-order valence-corrected chi connectivity index (χ4v) is 3.31. The topological polar surface area (TPSA) is 74.8 Å². The standard InChI is InChI=1S/C11H10Cl2FN3O2S/c12-7-1-2-8(10(13)11(7)14)20(18,19)17-4-3-9-15-5-6-16-9/h1-2,5-6,17H,3-4H2,(H,15,16). The summed E-state index contributed by atoms with van der Waals surface area (Å²) >= 11 is 11.2. The minimum atomic E-state index is -3.91. The Labute approximate surface area is 125 Å². The van der Waals surface area contributed by atoms with Crippen LogP contribution in [-0.4, -0.2) is 24.9 Å². The number of sulfonamides is 1. The zero-order chi connectivity index (χ0) is 14.8. The fraction of sp³-hybridized carbons (Fsp3) is 0.182. The molecule has 20 heavy (non-hydrogen) atoms. The number of rotatable bonds is 5. The van der Waals surface area contributed by atoms with Gasteiger partial charge in [0, 0.05) is 25.4 Å². The summed E-state index contributed by atoms with van der Waals surface area (Å²) in [5, 5.41) is -0.757. The molecule has 1 aromatic heterocycles. The molecule has 0 amide bonds. The van der Waals surface area contributed by atoms with E-state index in [4.69, 9.17) is 23.2 Å². The van der Waals surface area contributed by atoms with Crippen molar-refractivity contribution in [2.24, 2.45) is 0 Å². The second kappa shape index (κ2) is 6.09. The molecule has 0 saturated carbocycles. The molecule has 9 heteroatoms. The maximum Gasteiger partial charge on any atom is 0.242 e. The van der Waals surface area contributed by atoms with Gasteiger partial charge in [-0.2, -0.15) is 0 Å². The molecule has 0 saturated heterocycles. The quantitative estimate of drug-likeness (QED) is 0.822. The van der Waals surface area contributed by atoms with Crippen molar-refractivity contribution in [2.75, 3.05) is 6.54 Å². The molecule has 1 heterocycles. The Kier molecular flexibility index (Phi) is 4.64. The summed E-state index contributed by atoms with van der Waals surface area (Å²) in [6, 6.07) is 2.30. The van der Waals surface area contributed by atoms with Gasteiger partial charge in [0.2, 0.25) is 10.0 Å². The van der Waals surface area contributed by atoms with Gasteiger partial charge in [-0.1, -0.05) is 23.2 Å². The van der Waals surface area contributed by atoms with E-state index in [1.807, 2.05) is 0 Å². The summed E-state index contributed by atoms with van der Waals surface area (Å²) < 4.78 is 39.8. The lowest BCUT2D eigenvalue weighted by molar-refractivity contribution is 0.577. The third-order valence-corrected chi connectivity index (χ3v) is 4.77. The van der Waals surface area contributed by atoms with E-state index in [0.717, 1.165) is 12.1 Å². The van der Waals surface area contributed by atoms with Crippen LogP contribution >= 0.6 is 23.2 Å². The molecule has 2 rings (SSSR count). The normalized spacial score (nSPS) is 11.8. The van der Waals surface area contributed by atoms with E-state index in [0.29, 0.717) is 12.2 Å². The number of H-pyrrole nitrogens is 1. The van der Waals surface area contributed by atoms with Crippen molar-refractivity contribution in [3.8, 4) is 0 Å². The van der Waals surface area contributed by atoms with Crippen molar-refractivity contribution >= 4 is 33.2 Å². The number of hydrogen-bond acceptors (Lipinski definition) is 3. The van der Waals surface area contributed by atoms with Gasteiger partial charge in [-0.25, -0.2) is 22.5 Å². The van der Waals surface area contributed by atoms with Gasteiger partial charge in [0.1, 0.15) is 10.7 Å². The first-order chi connectivity index (χ1) is 9.42. The minimum absolute atomic E-state index is 0.108. The van der Waals surface area contributed by atoms with Gasteiger partial charge in [0.05, 0.1) is 10.0 Å². The molecular weight excluding hydrogens is 328 g/mol. The molecule has 0 bridgehead atoms. The van der Waals surface area contributed by atoms with E-state index in [9.17, 15) is 12.8 Å². The smallest absolute Gasteiger partial charge is 0.242 e. The Morgan fingerprint density at radius 2 is 2.10 bits per heavy atom. The SMILES string of the molecule is O=S(=O)(NCCc1ncc[nH]1)c1ccc(Cl)c(F)c1Cl. The van der Waals surface area contributed by atoms with Crippen molar-refractivity contribution in [2.45, 2.75) is 11.3 Å². The Bertz CT molecular complexity index is 705. The van der Waals surface area contributed by atoms with Crippen molar-refractivity contribution < 1.29 is 12.8 Å². The number of aromatic nitrogens is 2. The molecule has 108 valence electrons. The molecule has 2 aromatic rings. The Balaban J connectivity index is 2.12. The van der Waals surface area contributed by atoms with Gasteiger partial charge >= 0.3 is 0 Å². The number of nitrogens with one attached hydrogen (secondary N) is 2. The van der Waals surface area contributed by atoms with E-state index < -0.39 is 20.9 Å². The molecule has 0 fully saturated rings. The van der Waals surface area contributed by atoms with E-state index in [2.05, 4.69) is 14.7 Å². The summed E-state index contributed by atoms with van der Waals surface area (Å²) in [4.78, 5) is 6.45. The van der Waals surface area contributed by atoms with Crippen molar-refractivity contribution in [3.63, 3.8) is 0 Å². The van der Waals surface area contributed by atoms with E-state index in [1.54, 1.807) is 12.4 Å². The van der Waals surface area contributed by atoms with E-state index in [1.165, 1.54) is 0 Å². The molecule has 0 aliphatic heterocycles. The van der Waals surface area contributed by atoms with Gasteiger partial charge < -0.3 is 4.98 Å². The molecule has 0 unspecified atom stereocenters. The molecule has 1 aromatic carbocycles. The Morgan fingerprint density at radius 1 is 1.35 bits per heavy atom. The molecule has 0 aliphatic rings. The highest BCUT2D eigenvalue weighted by molar-refractivity contribution is 7.89. The molecule has 5 nitrogen and oxygen atoms in total. The monoisotopic (exact) mass is 337 g/mol. The van der Waals surface area contributed by atoms with Gasteiger partial charge in [-0.15, -0.1) is 0 Å². The molecule has 0 atom stereocenters. The number of nitrogens with zero attached hydrogens (tertiary/aromatic N) is 1. The van der Waals surface area contributed by atoms with Crippen LogP contribution < -0.4 is 4.72 Å². The van der Waals surface area contributed by atoms with Crippen LogP contribution in [0.4, 0.5) is 4.39 Å². The Hall–Kier alpha value is -1.15. The maximum atomic E-state index is 13.5. The highest BCUT2D eigenvalue weighted by Gasteiger charge is 2.21. The molecule has 0 spiro atoms. The lowest BCUT2D eigenvalue weighted by atomic mass is 10.3. The summed E-state index contributed by atoms with van der Waals surface area (Å²) in [5.74, 6) is -0.316. The summed E-state index contributed by atoms with van der Waals surface area (Å²) in [6.45, 7) is 0.108. The van der Waals surface area contributed by atoms with Crippen LogP contribution in [0.3, 0.4) is 0 Å². The lowest BCUT2D eigenvalue weighted by Gasteiger charge is -2.08. The van der Waals surface area contributed by atoms with Crippen molar-refractivity contribution in [3.05, 3.63) is 46.2 Å². The highest BCUT2D eigenvalue weighted by Crippen LogP contribution is 2.29. The predicted octanol–water partition coefficient (Wildman–Crippen LogP) is 2.38. The van der Waals surface area contributed by atoms with Crippen LogP contribution in [0.1, 0.15) is 5.82 Å². The molecule has 2 N–H and O–H groups in total. The van der Waals surface area contributed by atoms with E-state index in [-0.39, 0.29) is 16.5 Å². The van der Waals surface area contributed by atoms with Crippen LogP contribution in [0.25, 0.3) is 0 Å². The number of imidazole rings is 1. The summed E-state index contributed by atoms with van der Waals surface area (Å²) in [7, 11) is -3.91. The fourth-order valence-electron chi connectivity index (χ4n) is 1.53. The third-order valence-electron chi connectivity index (χ3n) is 2.50. The van der Waals surface area contributed by atoms with Crippen LogP contribution in [0, 0.1) is 5.82 Å². The number of benzene rings is 1. The first-order valence-electron chi connectivity index (χ1n) is 5.53. The average Bonchev–Trinajstić information content (AvgIpc) is 2.88. The van der Waals surface area contributed by atoms with Crippen molar-refractivity contribution in [1.82, 2.24) is 14.7 Å².